The highest BCUT2D eigenvalue weighted by atomic mass is 32.1. The van der Waals surface area contributed by atoms with Crippen molar-refractivity contribution in [1.29, 1.82) is 0 Å². The summed E-state index contributed by atoms with van der Waals surface area (Å²) in [6.45, 7) is 5.68. The van der Waals surface area contributed by atoms with Crippen molar-refractivity contribution in [3.63, 3.8) is 0 Å². The van der Waals surface area contributed by atoms with Gasteiger partial charge in [-0.3, -0.25) is 0 Å². The second-order valence-corrected chi connectivity index (χ2v) is 8.10. The highest BCUT2D eigenvalue weighted by molar-refractivity contribution is 7.08. The second-order valence-electron chi connectivity index (χ2n) is 7.32. The number of halogens is 1. The monoisotopic (exact) mass is 344 g/mol. The van der Waals surface area contributed by atoms with Crippen LogP contribution in [-0.4, -0.2) is 37.6 Å². The zero-order chi connectivity index (χ0) is 16.4. The van der Waals surface area contributed by atoms with Gasteiger partial charge in [0.05, 0.1) is 0 Å². The Bertz CT molecular complexity index is 639. The summed E-state index contributed by atoms with van der Waals surface area (Å²) in [5, 5.41) is 8.11. The number of piperidine rings is 1. The van der Waals surface area contributed by atoms with E-state index >= 15 is 0 Å². The van der Waals surface area contributed by atoms with Crippen molar-refractivity contribution >= 4 is 11.3 Å². The molecule has 128 valence electrons. The maximum absolute atomic E-state index is 13.1. The molecule has 2 saturated heterocycles. The maximum Gasteiger partial charge on any atom is 0.123 e. The summed E-state index contributed by atoms with van der Waals surface area (Å²) in [6, 6.07) is 9.42. The molecule has 2 aromatic rings. The lowest BCUT2D eigenvalue weighted by Crippen LogP contribution is -2.45. The zero-order valence-corrected chi connectivity index (χ0v) is 14.8. The number of hydrogen-bond donors (Lipinski definition) is 1. The van der Waals surface area contributed by atoms with Crippen LogP contribution in [0, 0.1) is 5.82 Å². The Kier molecular flexibility index (Phi) is 4.70. The van der Waals surface area contributed by atoms with E-state index in [0.717, 1.165) is 32.7 Å². The number of rotatable bonds is 4. The van der Waals surface area contributed by atoms with E-state index in [1.165, 1.54) is 30.4 Å². The first kappa shape index (κ1) is 16.2. The smallest absolute Gasteiger partial charge is 0.123 e. The summed E-state index contributed by atoms with van der Waals surface area (Å²) < 4.78 is 13.1. The van der Waals surface area contributed by atoms with Gasteiger partial charge in [0.2, 0.25) is 0 Å². The van der Waals surface area contributed by atoms with Crippen LogP contribution in [0.15, 0.2) is 41.1 Å². The molecule has 0 spiro atoms. The van der Waals surface area contributed by atoms with E-state index < -0.39 is 0 Å². The van der Waals surface area contributed by atoms with E-state index in [4.69, 9.17) is 0 Å². The molecule has 0 radical (unpaired) electrons. The average Bonchev–Trinajstić information content (AvgIpc) is 3.29. The number of thiophene rings is 1. The molecule has 1 aromatic carbocycles. The second kappa shape index (κ2) is 6.95. The van der Waals surface area contributed by atoms with Gasteiger partial charge in [0.25, 0.3) is 0 Å². The number of likely N-dealkylation sites (tertiary alicyclic amines) is 1. The first-order valence-electron chi connectivity index (χ1n) is 8.96. The molecule has 2 nitrogen and oxygen atoms in total. The van der Waals surface area contributed by atoms with Gasteiger partial charge in [0, 0.05) is 18.5 Å². The molecule has 1 atom stereocenters. The topological polar surface area (TPSA) is 15.3 Å². The fourth-order valence-corrected chi connectivity index (χ4v) is 5.15. The van der Waals surface area contributed by atoms with Crippen LogP contribution in [0.3, 0.4) is 0 Å². The van der Waals surface area contributed by atoms with Crippen molar-refractivity contribution in [3.8, 4) is 0 Å². The molecule has 2 aliphatic rings. The third kappa shape index (κ3) is 3.28. The largest absolute Gasteiger partial charge is 0.316 e. The predicted molar refractivity (Wildman–Crippen MR) is 98.3 cm³/mol. The highest BCUT2D eigenvalue weighted by Gasteiger charge is 2.38. The predicted octanol–water partition coefficient (Wildman–Crippen LogP) is 4.00. The number of hydrogen-bond acceptors (Lipinski definition) is 3. The molecule has 1 N–H and O–H groups in total. The van der Waals surface area contributed by atoms with Gasteiger partial charge in [-0.15, -0.1) is 0 Å². The molecule has 1 aromatic heterocycles. The van der Waals surface area contributed by atoms with Crippen LogP contribution in [0.4, 0.5) is 4.39 Å². The first-order chi connectivity index (χ1) is 11.8. The number of nitrogens with one attached hydrogen (secondary N) is 1. The molecule has 4 rings (SSSR count). The van der Waals surface area contributed by atoms with Gasteiger partial charge in [-0.05, 0) is 84.9 Å². The van der Waals surface area contributed by atoms with Crippen molar-refractivity contribution in [2.75, 3.05) is 32.7 Å². The normalized spacial score (nSPS) is 26.0. The molecule has 0 saturated carbocycles. The molecular formula is C20H25FN2S. The summed E-state index contributed by atoms with van der Waals surface area (Å²) in [4.78, 5) is 2.64. The van der Waals surface area contributed by atoms with E-state index in [1.807, 2.05) is 23.5 Å². The number of benzene rings is 1. The minimum Gasteiger partial charge on any atom is -0.316 e. The standard InChI is InChI=1S/C20H25FN2S/c21-19-3-1-16(2-4-19)17-5-10-23(11-6-17)15-20(8-9-22-14-20)18-7-12-24-13-18/h1-4,7,12-13,17,22H,5-6,8-11,14-15H2/t20-/m1/s1. The summed E-state index contributed by atoms with van der Waals surface area (Å²) in [5.74, 6) is 0.447. The Morgan fingerprint density at radius 1 is 1.17 bits per heavy atom. The molecule has 2 fully saturated rings. The van der Waals surface area contributed by atoms with Crippen molar-refractivity contribution < 1.29 is 4.39 Å². The van der Waals surface area contributed by atoms with Crippen molar-refractivity contribution in [2.45, 2.75) is 30.6 Å². The quantitative estimate of drug-likeness (QED) is 0.902. The SMILES string of the molecule is Fc1ccc(C2CCN(C[C@@]3(c4ccsc4)CCNC3)CC2)cc1. The van der Waals surface area contributed by atoms with Crippen molar-refractivity contribution in [3.05, 3.63) is 58.0 Å². The fourth-order valence-electron chi connectivity index (χ4n) is 4.37. The molecule has 4 heteroatoms. The summed E-state index contributed by atoms with van der Waals surface area (Å²) in [5.41, 5.74) is 3.10. The van der Waals surface area contributed by atoms with Gasteiger partial charge in [0.15, 0.2) is 0 Å². The number of nitrogens with zero attached hydrogens (tertiary/aromatic N) is 1. The Balaban J connectivity index is 1.40. The Morgan fingerprint density at radius 3 is 2.58 bits per heavy atom. The summed E-state index contributed by atoms with van der Waals surface area (Å²) >= 11 is 1.81. The summed E-state index contributed by atoms with van der Waals surface area (Å²) in [7, 11) is 0. The van der Waals surface area contributed by atoms with E-state index in [2.05, 4.69) is 27.0 Å². The first-order valence-corrected chi connectivity index (χ1v) is 9.91. The van der Waals surface area contributed by atoms with Gasteiger partial charge >= 0.3 is 0 Å². The van der Waals surface area contributed by atoms with Crippen LogP contribution in [0.5, 0.6) is 0 Å². The molecule has 0 unspecified atom stereocenters. The van der Waals surface area contributed by atoms with Gasteiger partial charge in [-0.1, -0.05) is 12.1 Å². The average molecular weight is 344 g/mol. The Morgan fingerprint density at radius 2 is 1.96 bits per heavy atom. The van der Waals surface area contributed by atoms with Crippen LogP contribution in [0.25, 0.3) is 0 Å². The minimum atomic E-state index is -0.136. The van der Waals surface area contributed by atoms with Crippen LogP contribution >= 0.6 is 11.3 Å². The van der Waals surface area contributed by atoms with Crippen molar-refractivity contribution in [2.24, 2.45) is 0 Å². The van der Waals surface area contributed by atoms with Crippen LogP contribution in [0.2, 0.25) is 0 Å². The van der Waals surface area contributed by atoms with Gasteiger partial charge in [0.1, 0.15) is 5.82 Å². The molecule has 0 bridgehead atoms. The summed E-state index contributed by atoms with van der Waals surface area (Å²) in [6.07, 6.45) is 3.60. The van der Waals surface area contributed by atoms with Gasteiger partial charge < -0.3 is 10.2 Å². The maximum atomic E-state index is 13.1. The molecular weight excluding hydrogens is 319 g/mol. The van der Waals surface area contributed by atoms with Gasteiger partial charge in [-0.25, -0.2) is 4.39 Å². The fraction of sp³-hybridized carbons (Fsp3) is 0.500. The van der Waals surface area contributed by atoms with E-state index in [-0.39, 0.29) is 5.82 Å². The Labute approximate surface area is 147 Å². The Hall–Kier alpha value is -1.23. The van der Waals surface area contributed by atoms with Crippen LogP contribution in [0.1, 0.15) is 36.3 Å². The van der Waals surface area contributed by atoms with E-state index in [0.29, 0.717) is 11.3 Å². The zero-order valence-electron chi connectivity index (χ0n) is 14.0. The van der Waals surface area contributed by atoms with Crippen molar-refractivity contribution in [1.82, 2.24) is 10.2 Å². The third-order valence-electron chi connectivity index (χ3n) is 5.83. The lowest BCUT2D eigenvalue weighted by molar-refractivity contribution is 0.171. The minimum absolute atomic E-state index is 0.136. The van der Waals surface area contributed by atoms with Crippen LogP contribution < -0.4 is 5.32 Å². The third-order valence-corrected chi connectivity index (χ3v) is 6.52. The highest BCUT2D eigenvalue weighted by Crippen LogP contribution is 2.35. The van der Waals surface area contributed by atoms with E-state index in [1.54, 1.807) is 12.1 Å². The molecule has 3 heterocycles. The lowest BCUT2D eigenvalue weighted by atomic mass is 9.79. The van der Waals surface area contributed by atoms with Gasteiger partial charge in [-0.2, -0.15) is 11.3 Å². The molecule has 0 amide bonds. The van der Waals surface area contributed by atoms with Crippen LogP contribution in [-0.2, 0) is 5.41 Å². The molecule has 0 aliphatic carbocycles. The molecule has 24 heavy (non-hydrogen) atoms. The van der Waals surface area contributed by atoms with E-state index in [9.17, 15) is 4.39 Å². The molecule has 2 aliphatic heterocycles. The lowest BCUT2D eigenvalue weighted by Gasteiger charge is -2.39.